The lowest BCUT2D eigenvalue weighted by Gasteiger charge is -2.39. The minimum atomic E-state index is -4.74. The molecular formula is C30H32F6N2O3. The number of fused-ring (bicyclic) bond motifs is 1. The van der Waals surface area contributed by atoms with Gasteiger partial charge in [0.05, 0.1) is 30.0 Å². The molecule has 5 rings (SSSR count). The number of hydrogen-bond donors (Lipinski definition) is 1. The summed E-state index contributed by atoms with van der Waals surface area (Å²) in [6, 6.07) is 7.41. The molecular weight excluding hydrogens is 550 g/mol. The number of hydrogen-bond acceptors (Lipinski definition) is 5. The molecule has 2 aliphatic heterocycles. The number of halogens is 6. The average molecular weight is 583 g/mol. The molecule has 222 valence electrons. The third kappa shape index (κ3) is 6.50. The van der Waals surface area contributed by atoms with Gasteiger partial charge < -0.3 is 14.8 Å². The van der Waals surface area contributed by atoms with Crippen LogP contribution in [-0.2, 0) is 28.4 Å². The average Bonchev–Trinajstić information content (AvgIpc) is 3.77. The van der Waals surface area contributed by atoms with E-state index in [4.69, 9.17) is 9.47 Å². The molecule has 41 heavy (non-hydrogen) atoms. The van der Waals surface area contributed by atoms with E-state index in [9.17, 15) is 31.1 Å². The van der Waals surface area contributed by atoms with E-state index < -0.39 is 23.5 Å². The predicted molar refractivity (Wildman–Crippen MR) is 141 cm³/mol. The molecule has 1 N–H and O–H groups in total. The zero-order chi connectivity index (χ0) is 29.5. The van der Waals surface area contributed by atoms with E-state index in [0.717, 1.165) is 29.7 Å². The van der Waals surface area contributed by atoms with Crippen molar-refractivity contribution in [2.24, 2.45) is 11.8 Å². The molecule has 2 aromatic carbocycles. The Morgan fingerprint density at radius 3 is 2.32 bits per heavy atom. The minimum absolute atomic E-state index is 0.0331. The molecule has 0 amide bonds. The highest BCUT2D eigenvalue weighted by Gasteiger charge is 2.38. The van der Waals surface area contributed by atoms with Gasteiger partial charge in [0.15, 0.2) is 0 Å². The Kier molecular flexibility index (Phi) is 8.02. The summed E-state index contributed by atoms with van der Waals surface area (Å²) in [6.07, 6.45) is -6.12. The summed E-state index contributed by atoms with van der Waals surface area (Å²) in [5, 5.41) is 3.57. The van der Waals surface area contributed by atoms with E-state index in [1.165, 1.54) is 7.11 Å². The van der Waals surface area contributed by atoms with Crippen LogP contribution in [0.5, 0.6) is 5.75 Å². The van der Waals surface area contributed by atoms with Crippen molar-refractivity contribution in [3.05, 3.63) is 64.2 Å². The summed E-state index contributed by atoms with van der Waals surface area (Å²) < 4.78 is 91.2. The highest BCUT2D eigenvalue weighted by Crippen LogP contribution is 2.46. The van der Waals surface area contributed by atoms with Gasteiger partial charge in [0.2, 0.25) is 0 Å². The lowest BCUT2D eigenvalue weighted by Crippen LogP contribution is -2.44. The summed E-state index contributed by atoms with van der Waals surface area (Å²) >= 11 is 0. The largest absolute Gasteiger partial charge is 0.489 e. The number of nitrogens with one attached hydrogen (secondary N) is 1. The molecule has 0 bridgehead atoms. The highest BCUT2D eigenvalue weighted by atomic mass is 19.4. The van der Waals surface area contributed by atoms with Crippen LogP contribution in [0.4, 0.5) is 32.0 Å². The van der Waals surface area contributed by atoms with Gasteiger partial charge in [-0.1, -0.05) is 6.07 Å². The van der Waals surface area contributed by atoms with E-state index in [1.807, 2.05) is 18.2 Å². The van der Waals surface area contributed by atoms with E-state index in [2.05, 4.69) is 5.32 Å². The molecule has 0 radical (unpaired) electrons. The first-order valence-corrected chi connectivity index (χ1v) is 13.7. The fourth-order valence-electron chi connectivity index (χ4n) is 5.94. The molecule has 2 aromatic rings. The number of carbonyl (C=O) groups excluding carboxylic acids is 1. The van der Waals surface area contributed by atoms with Gasteiger partial charge >= 0.3 is 18.3 Å². The van der Waals surface area contributed by atoms with Gasteiger partial charge in [0.1, 0.15) is 12.4 Å². The van der Waals surface area contributed by atoms with Crippen LogP contribution in [-0.4, -0.2) is 43.7 Å². The van der Waals surface area contributed by atoms with Crippen molar-refractivity contribution < 1.29 is 40.6 Å². The van der Waals surface area contributed by atoms with Crippen molar-refractivity contribution in [1.29, 1.82) is 0 Å². The normalized spacial score (nSPS) is 20.9. The van der Waals surface area contributed by atoms with Gasteiger partial charge in [-0.25, -0.2) is 4.79 Å². The fraction of sp³-hybridized carbons (Fsp3) is 0.500. The monoisotopic (exact) mass is 582 g/mol. The topological polar surface area (TPSA) is 50.8 Å². The number of rotatable bonds is 6. The Morgan fingerprint density at radius 2 is 1.71 bits per heavy atom. The van der Waals surface area contributed by atoms with E-state index in [0.29, 0.717) is 68.0 Å². The van der Waals surface area contributed by atoms with Crippen molar-refractivity contribution in [2.75, 3.05) is 32.1 Å². The smallest absolute Gasteiger partial charge is 0.416 e. The maximum absolute atomic E-state index is 13.5. The summed E-state index contributed by atoms with van der Waals surface area (Å²) in [5.74, 6) is 0.830. The van der Waals surface area contributed by atoms with Crippen LogP contribution in [0, 0.1) is 11.8 Å². The molecule has 5 nitrogen and oxygen atoms in total. The maximum Gasteiger partial charge on any atom is 0.416 e. The Hall–Kier alpha value is -3.21. The first kappa shape index (κ1) is 29.3. The molecule has 2 heterocycles. The number of carbonyl (C=O) groups is 1. The standard InChI is InChI=1S/C30H32F6N2O3/c1-17(28(39)40-2)27(19-3-4-19)20-5-8-26-24(14-20)37-25(16-41-26)18-9-11-38(12-10-18)15-21-13-22(29(31,32)33)6-7-23(21)30(34,35)36/h5-8,13-14,18-19,25,37H,3-4,9-12,15-16H2,1-2H3/b27-17+. The fourth-order valence-corrected chi connectivity index (χ4v) is 5.94. The number of benzene rings is 2. The molecule has 1 atom stereocenters. The van der Waals surface area contributed by atoms with Crippen LogP contribution in [0.25, 0.3) is 5.57 Å². The van der Waals surface area contributed by atoms with Gasteiger partial charge in [-0.05, 0) is 105 Å². The number of anilines is 1. The summed E-state index contributed by atoms with van der Waals surface area (Å²) in [6.45, 7) is 2.90. The highest BCUT2D eigenvalue weighted by molar-refractivity contribution is 5.98. The number of esters is 1. The quantitative estimate of drug-likeness (QED) is 0.223. The third-order valence-electron chi connectivity index (χ3n) is 8.26. The molecule has 1 aliphatic carbocycles. The Labute approximate surface area is 234 Å². The Morgan fingerprint density at radius 1 is 1.00 bits per heavy atom. The van der Waals surface area contributed by atoms with Crippen molar-refractivity contribution in [3.63, 3.8) is 0 Å². The number of ether oxygens (including phenoxy) is 2. The molecule has 2 fully saturated rings. The van der Waals surface area contributed by atoms with Gasteiger partial charge in [-0.15, -0.1) is 0 Å². The Bertz CT molecular complexity index is 1320. The molecule has 3 aliphatic rings. The lowest BCUT2D eigenvalue weighted by atomic mass is 9.88. The summed E-state index contributed by atoms with van der Waals surface area (Å²) in [4.78, 5) is 14.0. The van der Waals surface area contributed by atoms with Crippen LogP contribution < -0.4 is 10.1 Å². The van der Waals surface area contributed by atoms with E-state index >= 15 is 0 Å². The molecule has 1 saturated carbocycles. The second-order valence-electron chi connectivity index (χ2n) is 11.1. The van der Waals surface area contributed by atoms with E-state index in [1.54, 1.807) is 11.8 Å². The molecule has 1 saturated heterocycles. The zero-order valence-corrected chi connectivity index (χ0v) is 22.8. The van der Waals surface area contributed by atoms with Gasteiger partial charge in [0.25, 0.3) is 0 Å². The van der Waals surface area contributed by atoms with Crippen LogP contribution in [0.1, 0.15) is 54.9 Å². The van der Waals surface area contributed by atoms with Crippen molar-refractivity contribution in [2.45, 2.75) is 57.5 Å². The second kappa shape index (κ2) is 11.2. The molecule has 11 heteroatoms. The summed E-state index contributed by atoms with van der Waals surface area (Å²) in [5.41, 5.74) is 0.823. The SMILES string of the molecule is COC(=O)/C(C)=C(/c1ccc2c(c1)NC(C1CCN(Cc3cc(C(F)(F)F)ccc3C(F)(F)F)CC1)CO2)C1CC1. The predicted octanol–water partition coefficient (Wildman–Crippen LogP) is 7.17. The molecule has 1 unspecified atom stereocenters. The Balaban J connectivity index is 1.26. The minimum Gasteiger partial charge on any atom is -0.489 e. The van der Waals surface area contributed by atoms with Crippen LogP contribution in [0.15, 0.2) is 42.0 Å². The molecule has 0 aromatic heterocycles. The third-order valence-corrected chi connectivity index (χ3v) is 8.26. The second-order valence-corrected chi connectivity index (χ2v) is 11.1. The van der Waals surface area contributed by atoms with Crippen LogP contribution in [0.2, 0.25) is 0 Å². The van der Waals surface area contributed by atoms with Gasteiger partial charge in [-0.2, -0.15) is 26.3 Å². The summed E-state index contributed by atoms with van der Waals surface area (Å²) in [7, 11) is 1.36. The maximum atomic E-state index is 13.5. The first-order chi connectivity index (χ1) is 19.3. The number of methoxy groups -OCH3 is 1. The van der Waals surface area contributed by atoms with Crippen LogP contribution >= 0.6 is 0 Å². The zero-order valence-electron chi connectivity index (χ0n) is 22.8. The van der Waals surface area contributed by atoms with Gasteiger partial charge in [-0.3, -0.25) is 4.90 Å². The first-order valence-electron chi connectivity index (χ1n) is 13.7. The lowest BCUT2D eigenvalue weighted by molar-refractivity contribution is -0.142. The van der Waals surface area contributed by atoms with Crippen molar-refractivity contribution >= 4 is 17.2 Å². The van der Waals surface area contributed by atoms with Crippen molar-refractivity contribution in [3.8, 4) is 5.75 Å². The number of allylic oxidation sites excluding steroid dienone is 1. The van der Waals surface area contributed by atoms with Crippen molar-refractivity contribution in [1.82, 2.24) is 4.90 Å². The number of piperidine rings is 1. The molecule has 0 spiro atoms. The number of likely N-dealkylation sites (tertiary alicyclic amines) is 1. The van der Waals surface area contributed by atoms with Crippen LogP contribution in [0.3, 0.4) is 0 Å². The number of alkyl halides is 6. The van der Waals surface area contributed by atoms with E-state index in [-0.39, 0.29) is 30.0 Å². The van der Waals surface area contributed by atoms with Gasteiger partial charge in [0, 0.05) is 12.1 Å². The number of nitrogens with zero attached hydrogens (tertiary/aromatic N) is 1.